The molecule has 2 saturated heterocycles. The SMILES string of the molecule is COc1ccc(C2CCCCCN2S(=O)(=O)N2CCCC(C)C2)cc1. The minimum Gasteiger partial charge on any atom is -0.497 e. The summed E-state index contributed by atoms with van der Waals surface area (Å²) in [7, 11) is -1.77. The number of hydrogen-bond donors (Lipinski definition) is 0. The zero-order chi connectivity index (χ0) is 17.9. The van der Waals surface area contributed by atoms with Crippen LogP contribution in [0.2, 0.25) is 0 Å². The van der Waals surface area contributed by atoms with Crippen LogP contribution in [0, 0.1) is 5.92 Å². The van der Waals surface area contributed by atoms with Gasteiger partial charge in [-0.2, -0.15) is 17.0 Å². The molecular weight excluding hydrogens is 336 g/mol. The van der Waals surface area contributed by atoms with Crippen molar-refractivity contribution in [1.82, 2.24) is 8.61 Å². The minimum atomic E-state index is -3.42. The molecule has 2 unspecified atom stereocenters. The maximum atomic E-state index is 13.4. The Morgan fingerprint density at radius 3 is 2.44 bits per heavy atom. The molecule has 1 aromatic carbocycles. The third kappa shape index (κ3) is 4.18. The molecule has 2 atom stereocenters. The summed E-state index contributed by atoms with van der Waals surface area (Å²) >= 11 is 0. The summed E-state index contributed by atoms with van der Waals surface area (Å²) in [6.45, 7) is 4.06. The van der Waals surface area contributed by atoms with Gasteiger partial charge in [0.1, 0.15) is 5.75 Å². The number of benzene rings is 1. The lowest BCUT2D eigenvalue weighted by Gasteiger charge is -2.37. The number of methoxy groups -OCH3 is 1. The molecule has 0 aliphatic carbocycles. The molecule has 1 aromatic rings. The molecule has 0 radical (unpaired) electrons. The van der Waals surface area contributed by atoms with Gasteiger partial charge < -0.3 is 4.74 Å². The quantitative estimate of drug-likeness (QED) is 0.818. The van der Waals surface area contributed by atoms with Crippen LogP contribution in [0.25, 0.3) is 0 Å². The first-order valence-electron chi connectivity index (χ1n) is 9.43. The second-order valence-corrected chi connectivity index (χ2v) is 9.24. The molecule has 0 aromatic heterocycles. The fourth-order valence-electron chi connectivity index (χ4n) is 4.02. The van der Waals surface area contributed by atoms with Crippen LogP contribution >= 0.6 is 0 Å². The molecular formula is C19H30N2O3S. The standard InChI is InChI=1S/C19H30N2O3S/c1-16-7-6-13-20(15-16)25(22,23)21-14-5-3-4-8-19(21)17-9-11-18(24-2)12-10-17/h9-12,16,19H,3-8,13-15H2,1-2H3. The number of hydrogen-bond acceptors (Lipinski definition) is 3. The van der Waals surface area contributed by atoms with Crippen molar-refractivity contribution in [3.8, 4) is 5.75 Å². The fraction of sp³-hybridized carbons (Fsp3) is 0.684. The van der Waals surface area contributed by atoms with E-state index in [1.165, 1.54) is 0 Å². The molecule has 5 nitrogen and oxygen atoms in total. The fourth-order valence-corrected chi connectivity index (χ4v) is 6.03. The van der Waals surface area contributed by atoms with E-state index < -0.39 is 10.2 Å². The summed E-state index contributed by atoms with van der Waals surface area (Å²) < 4.78 is 35.5. The normalized spacial score (nSPS) is 27.0. The molecule has 6 heteroatoms. The van der Waals surface area contributed by atoms with Gasteiger partial charge in [0.05, 0.1) is 13.2 Å². The van der Waals surface area contributed by atoms with Crippen LogP contribution in [-0.2, 0) is 10.2 Å². The average Bonchev–Trinajstić information content (AvgIpc) is 2.88. The highest BCUT2D eigenvalue weighted by Gasteiger charge is 2.37. The second kappa shape index (κ2) is 8.06. The summed E-state index contributed by atoms with van der Waals surface area (Å²) in [6, 6.07) is 7.80. The Balaban J connectivity index is 1.88. The predicted octanol–water partition coefficient (Wildman–Crippen LogP) is 3.59. The van der Waals surface area contributed by atoms with E-state index in [1.807, 2.05) is 24.3 Å². The smallest absolute Gasteiger partial charge is 0.282 e. The van der Waals surface area contributed by atoms with Crippen LogP contribution < -0.4 is 4.74 Å². The number of ether oxygens (including phenoxy) is 1. The van der Waals surface area contributed by atoms with E-state index in [9.17, 15) is 8.42 Å². The van der Waals surface area contributed by atoms with Crippen LogP contribution in [0.3, 0.4) is 0 Å². The summed E-state index contributed by atoms with van der Waals surface area (Å²) in [4.78, 5) is 0. The molecule has 0 saturated carbocycles. The Bertz CT molecular complexity index is 660. The van der Waals surface area contributed by atoms with E-state index in [0.717, 1.165) is 49.8 Å². The van der Waals surface area contributed by atoms with Gasteiger partial charge in [-0.1, -0.05) is 31.9 Å². The van der Waals surface area contributed by atoms with Gasteiger partial charge in [-0.3, -0.25) is 0 Å². The van der Waals surface area contributed by atoms with Gasteiger partial charge in [0.25, 0.3) is 10.2 Å². The molecule has 2 aliphatic heterocycles. The summed E-state index contributed by atoms with van der Waals surface area (Å²) in [5.74, 6) is 1.24. The van der Waals surface area contributed by atoms with Crippen LogP contribution in [0.15, 0.2) is 24.3 Å². The van der Waals surface area contributed by atoms with Gasteiger partial charge in [0.15, 0.2) is 0 Å². The third-order valence-corrected chi connectivity index (χ3v) is 7.46. The first-order valence-corrected chi connectivity index (χ1v) is 10.8. The molecule has 0 amide bonds. The highest BCUT2D eigenvalue weighted by molar-refractivity contribution is 7.86. The van der Waals surface area contributed by atoms with Gasteiger partial charge in [0.2, 0.25) is 0 Å². The van der Waals surface area contributed by atoms with Gasteiger partial charge in [-0.25, -0.2) is 0 Å². The zero-order valence-electron chi connectivity index (χ0n) is 15.4. The molecule has 0 spiro atoms. The lowest BCUT2D eigenvalue weighted by Crippen LogP contribution is -2.48. The topological polar surface area (TPSA) is 49.9 Å². The Morgan fingerprint density at radius 1 is 1.00 bits per heavy atom. The van der Waals surface area contributed by atoms with E-state index in [-0.39, 0.29) is 6.04 Å². The van der Waals surface area contributed by atoms with Crippen molar-refractivity contribution in [3.05, 3.63) is 29.8 Å². The van der Waals surface area contributed by atoms with Crippen molar-refractivity contribution >= 4 is 10.2 Å². The van der Waals surface area contributed by atoms with Crippen molar-refractivity contribution in [1.29, 1.82) is 0 Å². The minimum absolute atomic E-state index is 0.0735. The molecule has 2 aliphatic rings. The van der Waals surface area contributed by atoms with E-state index >= 15 is 0 Å². The molecule has 25 heavy (non-hydrogen) atoms. The van der Waals surface area contributed by atoms with Gasteiger partial charge >= 0.3 is 0 Å². The number of piperidine rings is 1. The average molecular weight is 367 g/mol. The molecule has 2 fully saturated rings. The summed E-state index contributed by atoms with van der Waals surface area (Å²) in [6.07, 6.45) is 6.06. The lowest BCUT2D eigenvalue weighted by molar-refractivity contribution is 0.240. The second-order valence-electron chi connectivity index (χ2n) is 7.36. The third-order valence-electron chi connectivity index (χ3n) is 5.45. The molecule has 140 valence electrons. The summed E-state index contributed by atoms with van der Waals surface area (Å²) in [5.41, 5.74) is 1.07. The van der Waals surface area contributed by atoms with Gasteiger partial charge in [-0.05, 0) is 49.3 Å². The van der Waals surface area contributed by atoms with E-state index in [1.54, 1.807) is 15.7 Å². The number of nitrogens with zero attached hydrogens (tertiary/aromatic N) is 2. The van der Waals surface area contributed by atoms with Crippen LogP contribution in [0.1, 0.15) is 57.1 Å². The molecule has 0 bridgehead atoms. The van der Waals surface area contributed by atoms with Crippen molar-refractivity contribution in [2.24, 2.45) is 5.92 Å². The van der Waals surface area contributed by atoms with Crippen molar-refractivity contribution in [3.63, 3.8) is 0 Å². The Morgan fingerprint density at radius 2 is 1.76 bits per heavy atom. The zero-order valence-corrected chi connectivity index (χ0v) is 16.2. The van der Waals surface area contributed by atoms with Crippen molar-refractivity contribution < 1.29 is 13.2 Å². The highest BCUT2D eigenvalue weighted by atomic mass is 32.2. The predicted molar refractivity (Wildman–Crippen MR) is 99.8 cm³/mol. The molecule has 3 rings (SSSR count). The number of rotatable bonds is 4. The molecule has 0 N–H and O–H groups in total. The molecule has 2 heterocycles. The maximum Gasteiger partial charge on any atom is 0.282 e. The van der Waals surface area contributed by atoms with E-state index in [4.69, 9.17) is 4.74 Å². The van der Waals surface area contributed by atoms with Gasteiger partial charge in [-0.15, -0.1) is 0 Å². The van der Waals surface area contributed by atoms with Crippen molar-refractivity contribution in [2.75, 3.05) is 26.7 Å². The van der Waals surface area contributed by atoms with E-state index in [0.29, 0.717) is 25.6 Å². The Kier molecular flexibility index (Phi) is 6.02. The largest absolute Gasteiger partial charge is 0.497 e. The lowest BCUT2D eigenvalue weighted by atomic mass is 10.0. The van der Waals surface area contributed by atoms with Gasteiger partial charge in [0, 0.05) is 19.6 Å². The maximum absolute atomic E-state index is 13.4. The van der Waals surface area contributed by atoms with E-state index in [2.05, 4.69) is 6.92 Å². The Hall–Kier alpha value is -1.11. The van der Waals surface area contributed by atoms with Crippen LogP contribution in [-0.4, -0.2) is 43.8 Å². The summed E-state index contributed by atoms with van der Waals surface area (Å²) in [5, 5.41) is 0. The first-order chi connectivity index (χ1) is 12.0. The first kappa shape index (κ1) is 18.7. The Labute approximate surface area is 152 Å². The highest BCUT2D eigenvalue weighted by Crippen LogP contribution is 2.35. The monoisotopic (exact) mass is 366 g/mol. The van der Waals surface area contributed by atoms with Crippen LogP contribution in [0.5, 0.6) is 5.75 Å². The van der Waals surface area contributed by atoms with Crippen molar-refractivity contribution in [2.45, 2.75) is 51.5 Å². The van der Waals surface area contributed by atoms with Crippen LogP contribution in [0.4, 0.5) is 0 Å².